The summed E-state index contributed by atoms with van der Waals surface area (Å²) in [7, 11) is -2.18. The Hall–Kier alpha value is -1.08. The van der Waals surface area contributed by atoms with E-state index in [1.54, 1.807) is 6.07 Å². The summed E-state index contributed by atoms with van der Waals surface area (Å²) in [6, 6.07) is 12.1. The molecule has 4 nitrogen and oxygen atoms in total. The molecule has 1 N–H and O–H groups in total. The molecule has 0 bridgehead atoms. The predicted molar refractivity (Wildman–Crippen MR) is 93.4 cm³/mol. The highest BCUT2D eigenvalue weighted by Crippen LogP contribution is 2.47. The van der Waals surface area contributed by atoms with Gasteiger partial charge in [0.15, 0.2) is 0 Å². The molecule has 0 radical (unpaired) electrons. The smallest absolute Gasteiger partial charge is 0.241 e. The molecule has 1 aliphatic rings. The largest absolute Gasteiger partial charge is 0.495 e. The Balaban J connectivity index is 1.89. The van der Waals surface area contributed by atoms with Crippen molar-refractivity contribution in [3.8, 4) is 5.75 Å². The topological polar surface area (TPSA) is 55.4 Å². The first-order valence-electron chi connectivity index (χ1n) is 7.00. The van der Waals surface area contributed by atoms with Crippen molar-refractivity contribution in [3.05, 3.63) is 57.5 Å². The van der Waals surface area contributed by atoms with E-state index in [1.807, 2.05) is 24.3 Å². The van der Waals surface area contributed by atoms with Gasteiger partial charge in [-0.2, -0.15) is 0 Å². The van der Waals surface area contributed by atoms with Gasteiger partial charge < -0.3 is 4.74 Å². The van der Waals surface area contributed by atoms with Crippen molar-refractivity contribution in [1.82, 2.24) is 4.72 Å². The van der Waals surface area contributed by atoms with E-state index in [1.165, 1.54) is 19.2 Å². The van der Waals surface area contributed by atoms with Crippen LogP contribution in [0.15, 0.2) is 51.8 Å². The maximum absolute atomic E-state index is 12.7. The van der Waals surface area contributed by atoms with Gasteiger partial charge in [-0.25, -0.2) is 13.1 Å². The Morgan fingerprint density at radius 1 is 1.17 bits per heavy atom. The minimum Gasteiger partial charge on any atom is -0.495 e. The van der Waals surface area contributed by atoms with Gasteiger partial charge in [-0.1, -0.05) is 39.7 Å². The van der Waals surface area contributed by atoms with Gasteiger partial charge in [0.25, 0.3) is 0 Å². The molecular formula is C16H15BrClNO3S. The molecule has 2 aromatic rings. The molecule has 0 unspecified atom stereocenters. The van der Waals surface area contributed by atoms with E-state index in [-0.39, 0.29) is 9.92 Å². The van der Waals surface area contributed by atoms with E-state index in [9.17, 15) is 8.42 Å². The number of benzene rings is 2. The molecule has 0 aromatic heterocycles. The second-order valence-electron chi connectivity index (χ2n) is 5.49. The SMILES string of the molecule is COc1ccc(S(=O)(=O)NC2(c3ccc(Br)cc3)CC2)cc1Cl. The van der Waals surface area contributed by atoms with Crippen LogP contribution in [0, 0.1) is 0 Å². The summed E-state index contributed by atoms with van der Waals surface area (Å²) in [4.78, 5) is 0.131. The van der Waals surface area contributed by atoms with Crippen LogP contribution in [-0.4, -0.2) is 15.5 Å². The van der Waals surface area contributed by atoms with Crippen molar-refractivity contribution < 1.29 is 13.2 Å². The molecular weight excluding hydrogens is 402 g/mol. The fraction of sp³-hybridized carbons (Fsp3) is 0.250. The lowest BCUT2D eigenvalue weighted by Crippen LogP contribution is -2.34. The van der Waals surface area contributed by atoms with Gasteiger partial charge in [-0.05, 0) is 48.7 Å². The molecule has 0 amide bonds. The maximum Gasteiger partial charge on any atom is 0.241 e. The Labute approximate surface area is 149 Å². The van der Waals surface area contributed by atoms with Crippen molar-refractivity contribution in [2.24, 2.45) is 0 Å². The van der Waals surface area contributed by atoms with Crippen LogP contribution in [0.4, 0.5) is 0 Å². The fourth-order valence-electron chi connectivity index (χ4n) is 2.47. The lowest BCUT2D eigenvalue weighted by Gasteiger charge is -2.18. The third kappa shape index (κ3) is 3.40. The first-order chi connectivity index (χ1) is 10.9. The summed E-state index contributed by atoms with van der Waals surface area (Å²) >= 11 is 9.42. The Morgan fingerprint density at radius 3 is 2.35 bits per heavy atom. The zero-order valence-electron chi connectivity index (χ0n) is 12.3. The lowest BCUT2D eigenvalue weighted by atomic mass is 10.1. The first-order valence-corrected chi connectivity index (χ1v) is 9.65. The van der Waals surface area contributed by atoms with Gasteiger partial charge in [-0.3, -0.25) is 0 Å². The van der Waals surface area contributed by atoms with E-state index < -0.39 is 15.6 Å². The quantitative estimate of drug-likeness (QED) is 0.799. The molecule has 0 heterocycles. The molecule has 0 atom stereocenters. The van der Waals surface area contributed by atoms with Gasteiger partial charge in [0.2, 0.25) is 10.0 Å². The first kappa shape index (κ1) is 16.8. The summed E-state index contributed by atoms with van der Waals surface area (Å²) in [5, 5.41) is 0.267. The van der Waals surface area contributed by atoms with Crippen LogP contribution in [0.2, 0.25) is 5.02 Å². The third-order valence-electron chi connectivity index (χ3n) is 3.91. The molecule has 1 saturated carbocycles. The van der Waals surface area contributed by atoms with Crippen molar-refractivity contribution in [2.75, 3.05) is 7.11 Å². The van der Waals surface area contributed by atoms with Crippen LogP contribution in [0.25, 0.3) is 0 Å². The molecule has 2 aromatic carbocycles. The van der Waals surface area contributed by atoms with Gasteiger partial charge >= 0.3 is 0 Å². The summed E-state index contributed by atoms with van der Waals surface area (Å²) < 4.78 is 34.2. The minimum absolute atomic E-state index is 0.131. The van der Waals surface area contributed by atoms with Crippen LogP contribution < -0.4 is 9.46 Å². The van der Waals surface area contributed by atoms with Gasteiger partial charge in [-0.15, -0.1) is 0 Å². The normalized spacial score (nSPS) is 16.1. The van der Waals surface area contributed by atoms with E-state index in [0.29, 0.717) is 5.75 Å². The number of hydrogen-bond donors (Lipinski definition) is 1. The van der Waals surface area contributed by atoms with Crippen molar-refractivity contribution in [1.29, 1.82) is 0 Å². The number of ether oxygens (including phenoxy) is 1. The monoisotopic (exact) mass is 415 g/mol. The summed E-state index contributed by atoms with van der Waals surface area (Å²) in [5.41, 5.74) is 0.440. The number of halogens is 2. The molecule has 7 heteroatoms. The molecule has 3 rings (SSSR count). The van der Waals surface area contributed by atoms with Gasteiger partial charge in [0.1, 0.15) is 5.75 Å². The number of methoxy groups -OCH3 is 1. The highest BCUT2D eigenvalue weighted by Gasteiger charge is 2.47. The highest BCUT2D eigenvalue weighted by molar-refractivity contribution is 9.10. The Bertz CT molecular complexity index is 833. The van der Waals surface area contributed by atoms with Crippen molar-refractivity contribution in [2.45, 2.75) is 23.3 Å². The molecule has 122 valence electrons. The van der Waals surface area contributed by atoms with Crippen molar-refractivity contribution >= 4 is 37.6 Å². The average Bonchev–Trinajstić information content (AvgIpc) is 3.27. The average molecular weight is 417 g/mol. The molecule has 0 spiro atoms. The Kier molecular flexibility index (Phi) is 4.44. The van der Waals surface area contributed by atoms with E-state index in [4.69, 9.17) is 16.3 Å². The van der Waals surface area contributed by atoms with Crippen LogP contribution >= 0.6 is 27.5 Å². The summed E-state index contributed by atoms with van der Waals surface area (Å²) in [5.74, 6) is 0.444. The number of sulfonamides is 1. The van der Waals surface area contributed by atoms with Crippen LogP contribution in [0.5, 0.6) is 5.75 Å². The van der Waals surface area contributed by atoms with Crippen LogP contribution in [-0.2, 0) is 15.6 Å². The molecule has 23 heavy (non-hydrogen) atoms. The zero-order valence-corrected chi connectivity index (χ0v) is 15.5. The van der Waals surface area contributed by atoms with E-state index in [2.05, 4.69) is 20.7 Å². The van der Waals surface area contributed by atoms with Gasteiger partial charge in [0.05, 0.1) is 22.6 Å². The molecule has 1 fully saturated rings. The standard InChI is InChI=1S/C16H15BrClNO3S/c1-22-15-7-6-13(10-14(15)18)23(20,21)19-16(8-9-16)11-2-4-12(17)5-3-11/h2-7,10,19H,8-9H2,1H3. The minimum atomic E-state index is -3.66. The van der Waals surface area contributed by atoms with E-state index >= 15 is 0 Å². The summed E-state index contributed by atoms with van der Waals surface area (Å²) in [6.07, 6.45) is 1.55. The molecule has 0 aliphatic heterocycles. The van der Waals surface area contributed by atoms with Gasteiger partial charge in [0, 0.05) is 4.47 Å². The summed E-state index contributed by atoms with van der Waals surface area (Å²) in [6.45, 7) is 0. The fourth-order valence-corrected chi connectivity index (χ4v) is 4.54. The van der Waals surface area contributed by atoms with Crippen LogP contribution in [0.1, 0.15) is 18.4 Å². The van der Waals surface area contributed by atoms with Crippen LogP contribution in [0.3, 0.4) is 0 Å². The maximum atomic E-state index is 12.7. The molecule has 0 saturated heterocycles. The number of rotatable bonds is 5. The predicted octanol–water partition coefficient (Wildman–Crippen LogP) is 4.08. The Morgan fingerprint density at radius 2 is 1.83 bits per heavy atom. The molecule has 1 aliphatic carbocycles. The zero-order chi connectivity index (χ0) is 16.7. The van der Waals surface area contributed by atoms with Crippen molar-refractivity contribution in [3.63, 3.8) is 0 Å². The van der Waals surface area contributed by atoms with E-state index in [0.717, 1.165) is 22.9 Å². The highest BCUT2D eigenvalue weighted by atomic mass is 79.9. The number of nitrogens with one attached hydrogen (secondary N) is 1. The second kappa shape index (κ2) is 6.09. The third-order valence-corrected chi connectivity index (χ3v) is 6.27. The lowest BCUT2D eigenvalue weighted by molar-refractivity contribution is 0.414. The second-order valence-corrected chi connectivity index (χ2v) is 8.50. The number of hydrogen-bond acceptors (Lipinski definition) is 3.